The van der Waals surface area contributed by atoms with Crippen molar-refractivity contribution in [3.05, 3.63) is 18.3 Å². The van der Waals surface area contributed by atoms with Crippen LogP contribution in [0, 0.1) is 0 Å². The van der Waals surface area contributed by atoms with Crippen molar-refractivity contribution in [1.29, 1.82) is 0 Å². The van der Waals surface area contributed by atoms with E-state index in [4.69, 9.17) is 16.3 Å². The van der Waals surface area contributed by atoms with Gasteiger partial charge in [0.05, 0.1) is 7.11 Å². The number of pyridine rings is 1. The summed E-state index contributed by atoms with van der Waals surface area (Å²) in [6, 6.07) is 3.88. The number of rotatable bonds is 5. The number of aromatic nitrogens is 1. The van der Waals surface area contributed by atoms with Crippen molar-refractivity contribution in [3.63, 3.8) is 0 Å². The van der Waals surface area contributed by atoms with E-state index in [1.54, 1.807) is 13.3 Å². The van der Waals surface area contributed by atoms with Gasteiger partial charge in [-0.05, 0) is 19.4 Å². The average molecular weight is 229 g/mol. The molecule has 84 valence electrons. The summed E-state index contributed by atoms with van der Waals surface area (Å²) in [5.41, 5.74) is 1.10. The largest absolute Gasteiger partial charge is 0.481 e. The number of halogens is 1. The quantitative estimate of drug-likeness (QED) is 0.725. The van der Waals surface area contributed by atoms with Crippen LogP contribution in [0.4, 0.5) is 5.69 Å². The molecule has 0 fully saturated rings. The zero-order valence-electron chi connectivity index (χ0n) is 9.40. The minimum absolute atomic E-state index is 0.205. The smallest absolute Gasteiger partial charge is 0.214 e. The number of hydrogen-bond donors (Lipinski definition) is 0. The Bertz CT molecular complexity index is 304. The summed E-state index contributed by atoms with van der Waals surface area (Å²) in [5, 5.41) is 0.205. The van der Waals surface area contributed by atoms with Crippen LogP contribution < -0.4 is 9.64 Å². The van der Waals surface area contributed by atoms with Crippen molar-refractivity contribution >= 4 is 17.3 Å². The number of hydrogen-bond acceptors (Lipinski definition) is 3. The van der Waals surface area contributed by atoms with Gasteiger partial charge in [0.1, 0.15) is 0 Å². The summed E-state index contributed by atoms with van der Waals surface area (Å²) in [5.74, 6) is 0.637. The maximum Gasteiger partial charge on any atom is 0.214 e. The molecule has 0 saturated carbocycles. The lowest BCUT2D eigenvalue weighted by Gasteiger charge is -2.19. The van der Waals surface area contributed by atoms with Crippen LogP contribution in [-0.2, 0) is 0 Å². The van der Waals surface area contributed by atoms with E-state index in [-0.39, 0.29) is 5.38 Å². The van der Waals surface area contributed by atoms with E-state index in [1.807, 2.05) is 26.1 Å². The summed E-state index contributed by atoms with van der Waals surface area (Å²) in [7, 11) is 3.65. The second-order valence-electron chi connectivity index (χ2n) is 3.55. The first-order valence-corrected chi connectivity index (χ1v) is 5.42. The van der Waals surface area contributed by atoms with Crippen molar-refractivity contribution in [2.75, 3.05) is 25.6 Å². The van der Waals surface area contributed by atoms with Gasteiger partial charge in [0.15, 0.2) is 0 Å². The molecule has 0 amide bonds. The monoisotopic (exact) mass is 228 g/mol. The fourth-order valence-corrected chi connectivity index (χ4v) is 1.35. The standard InChI is InChI=1S/C11H17ClN2O/c1-9(12)5-7-14(2)10-4-6-13-11(8-10)15-3/h4,6,8-9H,5,7H2,1-3H3. The van der Waals surface area contributed by atoms with E-state index in [2.05, 4.69) is 9.88 Å². The molecule has 1 aromatic heterocycles. The predicted molar refractivity (Wildman–Crippen MR) is 64.0 cm³/mol. The molecule has 1 atom stereocenters. The fourth-order valence-electron chi connectivity index (χ4n) is 1.25. The van der Waals surface area contributed by atoms with Gasteiger partial charge < -0.3 is 9.64 Å². The summed E-state index contributed by atoms with van der Waals surface area (Å²) < 4.78 is 5.07. The summed E-state index contributed by atoms with van der Waals surface area (Å²) in [6.45, 7) is 2.93. The van der Waals surface area contributed by atoms with Crippen LogP contribution in [0.15, 0.2) is 18.3 Å². The number of ether oxygens (including phenoxy) is 1. The third-order valence-corrected chi connectivity index (χ3v) is 2.45. The maximum absolute atomic E-state index is 5.90. The highest BCUT2D eigenvalue weighted by Gasteiger charge is 2.04. The Labute approximate surface area is 96.0 Å². The first kappa shape index (κ1) is 12.1. The number of methoxy groups -OCH3 is 1. The van der Waals surface area contributed by atoms with E-state index >= 15 is 0 Å². The molecule has 0 N–H and O–H groups in total. The number of anilines is 1. The fraction of sp³-hybridized carbons (Fsp3) is 0.545. The molecule has 0 saturated heterocycles. The minimum Gasteiger partial charge on any atom is -0.481 e. The van der Waals surface area contributed by atoms with Gasteiger partial charge in [-0.3, -0.25) is 0 Å². The third kappa shape index (κ3) is 3.96. The highest BCUT2D eigenvalue weighted by atomic mass is 35.5. The van der Waals surface area contributed by atoms with Crippen LogP contribution in [0.2, 0.25) is 0 Å². The van der Waals surface area contributed by atoms with Gasteiger partial charge in [0.2, 0.25) is 5.88 Å². The summed E-state index contributed by atoms with van der Waals surface area (Å²) in [6.07, 6.45) is 2.71. The SMILES string of the molecule is COc1cc(N(C)CCC(C)Cl)ccn1. The first-order valence-electron chi connectivity index (χ1n) is 4.98. The van der Waals surface area contributed by atoms with Gasteiger partial charge >= 0.3 is 0 Å². The highest BCUT2D eigenvalue weighted by molar-refractivity contribution is 6.20. The zero-order valence-corrected chi connectivity index (χ0v) is 10.2. The van der Waals surface area contributed by atoms with Gasteiger partial charge in [0.25, 0.3) is 0 Å². The molecule has 0 aliphatic rings. The van der Waals surface area contributed by atoms with E-state index < -0.39 is 0 Å². The van der Waals surface area contributed by atoms with Crippen molar-refractivity contribution in [1.82, 2.24) is 4.98 Å². The molecular weight excluding hydrogens is 212 g/mol. The molecule has 1 heterocycles. The van der Waals surface area contributed by atoms with Gasteiger partial charge in [0, 0.05) is 36.9 Å². The lowest BCUT2D eigenvalue weighted by atomic mass is 10.3. The van der Waals surface area contributed by atoms with Crippen LogP contribution in [0.25, 0.3) is 0 Å². The molecule has 0 bridgehead atoms. The Balaban J connectivity index is 2.60. The Morgan fingerprint density at radius 2 is 2.33 bits per heavy atom. The molecule has 15 heavy (non-hydrogen) atoms. The Morgan fingerprint density at radius 1 is 1.60 bits per heavy atom. The van der Waals surface area contributed by atoms with E-state index in [0.717, 1.165) is 18.7 Å². The Hall–Kier alpha value is -0.960. The topological polar surface area (TPSA) is 25.4 Å². The third-order valence-electron chi connectivity index (χ3n) is 2.23. The van der Waals surface area contributed by atoms with Crippen molar-refractivity contribution in [3.8, 4) is 5.88 Å². The Kier molecular flexibility index (Phi) is 4.69. The van der Waals surface area contributed by atoms with E-state index in [1.165, 1.54) is 0 Å². The molecule has 0 aliphatic heterocycles. The van der Waals surface area contributed by atoms with Crippen molar-refractivity contribution in [2.45, 2.75) is 18.7 Å². The number of nitrogens with zero attached hydrogens (tertiary/aromatic N) is 2. The van der Waals surface area contributed by atoms with Crippen LogP contribution in [0.3, 0.4) is 0 Å². The molecule has 0 radical (unpaired) electrons. The van der Waals surface area contributed by atoms with Crippen LogP contribution in [-0.4, -0.2) is 31.1 Å². The lowest BCUT2D eigenvalue weighted by molar-refractivity contribution is 0.398. The average Bonchev–Trinajstić information content (AvgIpc) is 2.26. The molecule has 1 rings (SSSR count). The maximum atomic E-state index is 5.90. The number of alkyl halides is 1. The van der Waals surface area contributed by atoms with Crippen molar-refractivity contribution < 1.29 is 4.74 Å². The Morgan fingerprint density at radius 3 is 2.93 bits per heavy atom. The molecule has 0 aliphatic carbocycles. The van der Waals surface area contributed by atoms with Gasteiger partial charge in [-0.15, -0.1) is 11.6 Å². The van der Waals surface area contributed by atoms with E-state index in [0.29, 0.717) is 5.88 Å². The summed E-state index contributed by atoms with van der Waals surface area (Å²) >= 11 is 5.90. The molecule has 1 aromatic rings. The second-order valence-corrected chi connectivity index (χ2v) is 4.29. The summed E-state index contributed by atoms with van der Waals surface area (Å²) in [4.78, 5) is 6.20. The van der Waals surface area contributed by atoms with Gasteiger partial charge in [-0.25, -0.2) is 4.98 Å². The van der Waals surface area contributed by atoms with Gasteiger partial charge in [-0.1, -0.05) is 0 Å². The van der Waals surface area contributed by atoms with Crippen molar-refractivity contribution in [2.24, 2.45) is 0 Å². The molecular formula is C11H17ClN2O. The van der Waals surface area contributed by atoms with Crippen LogP contribution >= 0.6 is 11.6 Å². The predicted octanol–water partition coefficient (Wildman–Crippen LogP) is 2.54. The molecule has 1 unspecified atom stereocenters. The minimum atomic E-state index is 0.205. The normalized spacial score (nSPS) is 12.3. The first-order chi connectivity index (χ1) is 7.13. The highest BCUT2D eigenvalue weighted by Crippen LogP contribution is 2.17. The lowest BCUT2D eigenvalue weighted by Crippen LogP contribution is -2.20. The molecule has 3 nitrogen and oxygen atoms in total. The van der Waals surface area contributed by atoms with Gasteiger partial charge in [-0.2, -0.15) is 0 Å². The molecule has 4 heteroatoms. The molecule has 0 spiro atoms. The van der Waals surface area contributed by atoms with Crippen LogP contribution in [0.5, 0.6) is 5.88 Å². The zero-order chi connectivity index (χ0) is 11.3. The molecule has 0 aromatic carbocycles. The van der Waals surface area contributed by atoms with Crippen LogP contribution in [0.1, 0.15) is 13.3 Å². The second kappa shape index (κ2) is 5.81. The van der Waals surface area contributed by atoms with E-state index in [9.17, 15) is 0 Å².